The SMILES string of the molecule is Cc1c(Oc2ncccc2-c2ccnc(NC3C[C@@H](C)CN(OC(=O)c4ccccc4)C3)n2)cc(F)c(N)c1F. The maximum Gasteiger partial charge on any atom is 0.357 e. The maximum atomic E-state index is 14.3. The Morgan fingerprint density at radius 2 is 1.88 bits per heavy atom. The van der Waals surface area contributed by atoms with Gasteiger partial charge in [0.15, 0.2) is 11.6 Å². The summed E-state index contributed by atoms with van der Waals surface area (Å²) in [5.41, 5.74) is 6.42. The van der Waals surface area contributed by atoms with Crippen LogP contribution in [0.25, 0.3) is 11.3 Å². The molecule has 40 heavy (non-hydrogen) atoms. The second-order valence-corrected chi connectivity index (χ2v) is 9.71. The first-order chi connectivity index (χ1) is 19.3. The third kappa shape index (κ3) is 5.99. The van der Waals surface area contributed by atoms with Crippen molar-refractivity contribution in [3.05, 3.63) is 89.8 Å². The van der Waals surface area contributed by atoms with Gasteiger partial charge in [-0.3, -0.25) is 0 Å². The van der Waals surface area contributed by atoms with Crippen LogP contribution < -0.4 is 15.8 Å². The smallest absolute Gasteiger partial charge is 0.357 e. The second-order valence-electron chi connectivity index (χ2n) is 9.71. The van der Waals surface area contributed by atoms with Crippen LogP contribution in [-0.4, -0.2) is 45.1 Å². The van der Waals surface area contributed by atoms with Crippen LogP contribution in [0.15, 0.2) is 67.0 Å². The summed E-state index contributed by atoms with van der Waals surface area (Å²) in [7, 11) is 0. The van der Waals surface area contributed by atoms with E-state index in [1.54, 1.807) is 53.7 Å². The predicted octanol–water partition coefficient (Wildman–Crippen LogP) is 5.39. The highest BCUT2D eigenvalue weighted by molar-refractivity contribution is 5.89. The molecule has 2 atom stereocenters. The average Bonchev–Trinajstić information content (AvgIpc) is 2.95. The van der Waals surface area contributed by atoms with Gasteiger partial charge in [0.25, 0.3) is 0 Å². The van der Waals surface area contributed by atoms with Crippen LogP contribution in [0.2, 0.25) is 0 Å². The number of hydrogen-bond acceptors (Lipinski definition) is 9. The van der Waals surface area contributed by atoms with E-state index in [1.165, 1.54) is 13.1 Å². The number of hydroxylamine groups is 2. The number of nitrogens with two attached hydrogens (primary N) is 1. The van der Waals surface area contributed by atoms with E-state index in [4.69, 9.17) is 15.3 Å². The molecular formula is C29H28F2N6O3. The molecule has 1 unspecified atom stereocenters. The van der Waals surface area contributed by atoms with Crippen molar-refractivity contribution in [3.63, 3.8) is 0 Å². The Labute approximate surface area is 229 Å². The Hall–Kier alpha value is -4.64. The summed E-state index contributed by atoms with van der Waals surface area (Å²) in [5, 5.41) is 4.99. The number of nitrogens with zero attached hydrogens (tertiary/aromatic N) is 4. The Morgan fingerprint density at radius 1 is 1.07 bits per heavy atom. The van der Waals surface area contributed by atoms with Crippen molar-refractivity contribution in [3.8, 4) is 22.9 Å². The minimum absolute atomic E-state index is 0.0436. The molecule has 1 aliphatic heterocycles. The number of carbonyl (C=O) groups excluding carboxylic acids is 1. The topological polar surface area (TPSA) is 115 Å². The molecule has 2 aromatic heterocycles. The lowest BCUT2D eigenvalue weighted by Crippen LogP contribution is -2.46. The van der Waals surface area contributed by atoms with Gasteiger partial charge >= 0.3 is 5.97 Å². The summed E-state index contributed by atoms with van der Waals surface area (Å²) in [6, 6.07) is 14.9. The molecule has 9 nitrogen and oxygen atoms in total. The standard InChI is InChI=1S/C29H28F2N6O3/c1-17-13-20(16-37(15-17)40-28(38)19-7-4-3-5-8-19)35-29-34-12-10-23(36-29)21-9-6-11-33-27(21)39-24-14-22(30)26(32)25(31)18(24)2/h3-12,14,17,20H,13,15-16,32H2,1-2H3,(H,34,35,36)/t17-,20?/m1/s1. The van der Waals surface area contributed by atoms with Gasteiger partial charge in [0.1, 0.15) is 11.4 Å². The minimum Gasteiger partial charge on any atom is -0.438 e. The number of benzene rings is 2. The van der Waals surface area contributed by atoms with Crippen LogP contribution >= 0.6 is 0 Å². The molecule has 0 aliphatic carbocycles. The van der Waals surface area contributed by atoms with E-state index in [0.717, 1.165) is 12.5 Å². The molecule has 4 aromatic rings. The molecule has 0 saturated carbocycles. The van der Waals surface area contributed by atoms with Gasteiger partial charge in [0.2, 0.25) is 11.8 Å². The highest BCUT2D eigenvalue weighted by Crippen LogP contribution is 2.35. The van der Waals surface area contributed by atoms with E-state index in [2.05, 4.69) is 27.2 Å². The monoisotopic (exact) mass is 546 g/mol. The molecule has 0 bridgehead atoms. The molecule has 11 heteroatoms. The summed E-state index contributed by atoms with van der Waals surface area (Å²) in [4.78, 5) is 31.4. The van der Waals surface area contributed by atoms with E-state index in [-0.39, 0.29) is 29.2 Å². The molecule has 5 rings (SSSR count). The van der Waals surface area contributed by atoms with Crippen LogP contribution in [0.3, 0.4) is 0 Å². The van der Waals surface area contributed by atoms with Crippen molar-refractivity contribution >= 4 is 17.6 Å². The molecule has 3 N–H and O–H groups in total. The summed E-state index contributed by atoms with van der Waals surface area (Å²) < 4.78 is 34.3. The lowest BCUT2D eigenvalue weighted by molar-refractivity contribution is -0.131. The minimum atomic E-state index is -0.922. The van der Waals surface area contributed by atoms with Crippen LogP contribution in [0.4, 0.5) is 20.4 Å². The van der Waals surface area contributed by atoms with E-state index in [0.29, 0.717) is 35.9 Å². The zero-order valence-corrected chi connectivity index (χ0v) is 22.0. The number of carbonyl (C=O) groups is 1. The number of anilines is 2. The normalized spacial score (nSPS) is 17.3. The first-order valence-corrected chi connectivity index (χ1v) is 12.8. The van der Waals surface area contributed by atoms with Crippen molar-refractivity contribution in [2.45, 2.75) is 26.3 Å². The molecule has 2 aromatic carbocycles. The third-order valence-electron chi connectivity index (χ3n) is 6.54. The molecule has 0 radical (unpaired) electrons. The Balaban J connectivity index is 1.32. The van der Waals surface area contributed by atoms with E-state index < -0.39 is 23.3 Å². The first kappa shape index (κ1) is 26.9. The van der Waals surface area contributed by atoms with Crippen molar-refractivity contribution < 1.29 is 23.1 Å². The molecule has 206 valence electrons. The van der Waals surface area contributed by atoms with Crippen molar-refractivity contribution in [1.82, 2.24) is 20.0 Å². The molecule has 3 heterocycles. The van der Waals surface area contributed by atoms with Gasteiger partial charge in [0, 0.05) is 36.6 Å². The number of piperidine rings is 1. The predicted molar refractivity (Wildman–Crippen MR) is 145 cm³/mol. The van der Waals surface area contributed by atoms with Crippen LogP contribution in [0, 0.1) is 24.5 Å². The molecule has 1 aliphatic rings. The Kier molecular flexibility index (Phi) is 7.83. The quantitative estimate of drug-likeness (QED) is 0.294. The number of aromatic nitrogens is 3. The number of pyridine rings is 1. The highest BCUT2D eigenvalue weighted by Gasteiger charge is 2.28. The van der Waals surface area contributed by atoms with Gasteiger partial charge in [-0.15, -0.1) is 5.06 Å². The zero-order valence-electron chi connectivity index (χ0n) is 22.0. The number of nitrogens with one attached hydrogen (secondary N) is 1. The summed E-state index contributed by atoms with van der Waals surface area (Å²) in [5.74, 6) is -1.53. The summed E-state index contributed by atoms with van der Waals surface area (Å²) in [6.07, 6.45) is 3.92. The molecule has 0 amide bonds. The number of nitrogen functional groups attached to an aromatic ring is 1. The second kappa shape index (κ2) is 11.6. The number of halogens is 2. The van der Waals surface area contributed by atoms with Gasteiger partial charge in [0.05, 0.1) is 23.4 Å². The fourth-order valence-electron chi connectivity index (χ4n) is 4.58. The van der Waals surface area contributed by atoms with Crippen molar-refractivity contribution in [1.29, 1.82) is 0 Å². The van der Waals surface area contributed by atoms with Crippen molar-refractivity contribution in [2.75, 3.05) is 24.1 Å². The van der Waals surface area contributed by atoms with E-state index in [9.17, 15) is 13.6 Å². The van der Waals surface area contributed by atoms with Crippen LogP contribution in [0.1, 0.15) is 29.3 Å². The van der Waals surface area contributed by atoms with Gasteiger partial charge in [-0.2, -0.15) is 0 Å². The number of hydrogen-bond donors (Lipinski definition) is 2. The van der Waals surface area contributed by atoms with Gasteiger partial charge in [-0.05, 0) is 49.6 Å². The number of rotatable bonds is 7. The highest BCUT2D eigenvalue weighted by atomic mass is 19.1. The fraction of sp³-hybridized carbons (Fsp3) is 0.241. The van der Waals surface area contributed by atoms with Gasteiger partial charge in [-0.25, -0.2) is 28.5 Å². The summed E-state index contributed by atoms with van der Waals surface area (Å²) >= 11 is 0. The molecular weight excluding hydrogens is 518 g/mol. The van der Waals surface area contributed by atoms with Gasteiger partial charge < -0.3 is 20.6 Å². The molecule has 1 saturated heterocycles. The molecule has 1 fully saturated rings. The van der Waals surface area contributed by atoms with Crippen molar-refractivity contribution in [2.24, 2.45) is 5.92 Å². The zero-order chi connectivity index (χ0) is 28.2. The lowest BCUT2D eigenvalue weighted by atomic mass is 9.97. The lowest BCUT2D eigenvalue weighted by Gasteiger charge is -2.35. The largest absolute Gasteiger partial charge is 0.438 e. The summed E-state index contributed by atoms with van der Waals surface area (Å²) in [6.45, 7) is 4.59. The maximum absolute atomic E-state index is 14.3. The van der Waals surface area contributed by atoms with E-state index in [1.807, 2.05) is 6.07 Å². The van der Waals surface area contributed by atoms with Crippen LogP contribution in [0.5, 0.6) is 11.6 Å². The van der Waals surface area contributed by atoms with E-state index >= 15 is 0 Å². The average molecular weight is 547 g/mol. The fourth-order valence-corrected chi connectivity index (χ4v) is 4.58. The molecule has 0 spiro atoms. The Morgan fingerprint density at radius 3 is 2.67 bits per heavy atom. The third-order valence-corrected chi connectivity index (χ3v) is 6.54. The van der Waals surface area contributed by atoms with Gasteiger partial charge in [-0.1, -0.05) is 25.1 Å². The first-order valence-electron chi connectivity index (χ1n) is 12.8. The number of ether oxygens (including phenoxy) is 1. The Bertz CT molecular complexity index is 1520. The van der Waals surface area contributed by atoms with Crippen LogP contribution in [-0.2, 0) is 4.84 Å².